The average Bonchev–Trinajstić information content (AvgIpc) is 2.63. The molecule has 2 bridgehead atoms. The van der Waals surface area contributed by atoms with Crippen molar-refractivity contribution in [2.75, 3.05) is 12.0 Å². The molecule has 0 aliphatic heterocycles. The Labute approximate surface area is 173 Å². The zero-order valence-corrected chi connectivity index (χ0v) is 18.6. The van der Waals surface area contributed by atoms with Crippen LogP contribution in [0, 0.1) is 34.5 Å². The lowest BCUT2D eigenvalue weighted by Gasteiger charge is -2.70. The van der Waals surface area contributed by atoms with Gasteiger partial charge in [-0.05, 0) is 87.0 Å². The first-order chi connectivity index (χ1) is 13.3. The number of fused-ring (bicyclic) bond motifs is 3. The summed E-state index contributed by atoms with van der Waals surface area (Å²) >= 11 is 1.89. The van der Waals surface area contributed by atoms with Gasteiger partial charge in [0.05, 0.1) is 5.54 Å². The van der Waals surface area contributed by atoms with Gasteiger partial charge in [-0.1, -0.05) is 13.3 Å². The van der Waals surface area contributed by atoms with Crippen LogP contribution in [0.4, 0.5) is 0 Å². The number of thioether (sulfide) groups is 1. The number of hydrogen-bond donors (Lipinski definition) is 0. The Bertz CT molecular complexity index is 691. The van der Waals surface area contributed by atoms with Crippen molar-refractivity contribution in [1.82, 2.24) is 0 Å². The van der Waals surface area contributed by atoms with Gasteiger partial charge >= 0.3 is 5.97 Å². The van der Waals surface area contributed by atoms with Crippen molar-refractivity contribution >= 4 is 23.8 Å². The van der Waals surface area contributed by atoms with Crippen LogP contribution in [0.5, 0.6) is 0 Å². The van der Waals surface area contributed by atoms with Crippen LogP contribution in [-0.2, 0) is 14.3 Å². The molecule has 28 heavy (non-hydrogen) atoms. The average molecular weight is 406 g/mol. The maximum Gasteiger partial charge on any atom is 0.302 e. The van der Waals surface area contributed by atoms with Crippen molar-refractivity contribution in [3.05, 3.63) is 0 Å². The number of carbonyl (C=O) groups excluding carboxylic acids is 2. The molecule has 5 fully saturated rings. The van der Waals surface area contributed by atoms with Crippen LogP contribution in [-0.4, -0.2) is 35.7 Å². The van der Waals surface area contributed by atoms with Crippen LogP contribution >= 0.6 is 11.8 Å². The third-order valence-corrected chi connectivity index (χ3v) is 10.1. The molecule has 0 aromatic rings. The van der Waals surface area contributed by atoms with Crippen LogP contribution in [0.3, 0.4) is 0 Å². The first-order valence-electron chi connectivity index (χ1n) is 11.1. The molecule has 156 valence electrons. The van der Waals surface area contributed by atoms with Crippen LogP contribution in [0.2, 0.25) is 0 Å². The zero-order valence-electron chi connectivity index (χ0n) is 17.8. The topological polar surface area (TPSA) is 55.7 Å². The minimum atomic E-state index is -0.275. The summed E-state index contributed by atoms with van der Waals surface area (Å²) in [6, 6.07) is 0. The fourth-order valence-corrected chi connectivity index (χ4v) is 9.28. The first kappa shape index (κ1) is 20.5. The molecular formula is C23H35NO3S. The van der Waals surface area contributed by atoms with Gasteiger partial charge in [0, 0.05) is 18.3 Å². The zero-order chi connectivity index (χ0) is 20.2. The molecule has 0 aromatic heterocycles. The predicted molar refractivity (Wildman–Crippen MR) is 112 cm³/mol. The number of rotatable bonds is 4. The first-order valence-corrected chi connectivity index (χ1v) is 12.5. The van der Waals surface area contributed by atoms with Gasteiger partial charge in [-0.3, -0.25) is 4.79 Å². The van der Waals surface area contributed by atoms with Crippen molar-refractivity contribution in [3.63, 3.8) is 0 Å². The SMILES string of the molecule is CSC[C@H]1[C@@H]2CC[C@@]3(CC[C@H]4[C@@](C)(CCC[C@@]4(C)N=C=O)[C@@H]3C2)[C@@H]1OC(C)=O. The van der Waals surface area contributed by atoms with E-state index in [1.807, 2.05) is 17.8 Å². The Morgan fingerprint density at radius 1 is 1.18 bits per heavy atom. The molecule has 0 radical (unpaired) electrons. The molecule has 5 rings (SSSR count). The molecule has 5 saturated carbocycles. The smallest absolute Gasteiger partial charge is 0.302 e. The summed E-state index contributed by atoms with van der Waals surface area (Å²) in [5.74, 6) is 3.12. The maximum atomic E-state index is 12.1. The Kier molecular flexibility index (Phi) is 5.24. The number of isocyanates is 1. The van der Waals surface area contributed by atoms with E-state index in [1.165, 1.54) is 25.7 Å². The minimum absolute atomic E-state index is 0.0653. The number of nitrogens with zero attached hydrogens (tertiary/aromatic N) is 1. The van der Waals surface area contributed by atoms with Gasteiger partial charge in [0.25, 0.3) is 0 Å². The van der Waals surface area contributed by atoms with Crippen molar-refractivity contribution in [3.8, 4) is 0 Å². The Balaban J connectivity index is 1.75. The summed E-state index contributed by atoms with van der Waals surface area (Å²) in [5.41, 5.74) is 0.0187. The molecule has 0 N–H and O–H groups in total. The Morgan fingerprint density at radius 3 is 2.61 bits per heavy atom. The third kappa shape index (κ3) is 2.83. The molecule has 0 unspecified atom stereocenters. The second-order valence-electron chi connectivity index (χ2n) is 10.5. The number of hydrogen-bond acceptors (Lipinski definition) is 5. The van der Waals surface area contributed by atoms with Crippen molar-refractivity contribution < 1.29 is 14.3 Å². The van der Waals surface area contributed by atoms with Crippen LogP contribution in [0.25, 0.3) is 0 Å². The lowest BCUT2D eigenvalue weighted by Crippen LogP contribution is -2.67. The Hall–Kier alpha value is -0.800. The molecule has 4 nitrogen and oxygen atoms in total. The highest BCUT2D eigenvalue weighted by atomic mass is 32.2. The van der Waals surface area contributed by atoms with E-state index in [0.29, 0.717) is 23.7 Å². The van der Waals surface area contributed by atoms with E-state index in [4.69, 9.17) is 4.74 Å². The van der Waals surface area contributed by atoms with Gasteiger partial charge in [0.2, 0.25) is 6.08 Å². The molecule has 0 heterocycles. The highest BCUT2D eigenvalue weighted by Gasteiger charge is 2.68. The summed E-state index contributed by atoms with van der Waals surface area (Å²) in [6.45, 7) is 6.23. The number of esters is 1. The van der Waals surface area contributed by atoms with E-state index in [0.717, 1.165) is 31.4 Å². The highest BCUT2D eigenvalue weighted by molar-refractivity contribution is 7.98. The predicted octanol–water partition coefficient (Wildman–Crippen LogP) is 5.01. The largest absolute Gasteiger partial charge is 0.462 e. The molecule has 1 spiro atoms. The molecule has 5 aliphatic rings. The fourth-order valence-electron chi connectivity index (χ4n) is 8.45. The minimum Gasteiger partial charge on any atom is -0.462 e. The quantitative estimate of drug-likeness (QED) is 0.375. The van der Waals surface area contributed by atoms with E-state index in [-0.39, 0.29) is 28.4 Å². The molecule has 0 saturated heterocycles. The van der Waals surface area contributed by atoms with E-state index >= 15 is 0 Å². The van der Waals surface area contributed by atoms with Gasteiger partial charge in [-0.2, -0.15) is 16.8 Å². The van der Waals surface area contributed by atoms with Crippen LogP contribution < -0.4 is 0 Å². The van der Waals surface area contributed by atoms with Crippen molar-refractivity contribution in [2.45, 2.75) is 83.8 Å². The van der Waals surface area contributed by atoms with E-state index in [2.05, 4.69) is 25.1 Å². The molecule has 5 heteroatoms. The van der Waals surface area contributed by atoms with Gasteiger partial charge in [0.1, 0.15) is 6.10 Å². The second kappa shape index (κ2) is 7.16. The Morgan fingerprint density at radius 2 is 1.93 bits per heavy atom. The van der Waals surface area contributed by atoms with Crippen LogP contribution in [0.1, 0.15) is 72.1 Å². The summed E-state index contributed by atoms with van der Waals surface area (Å²) < 4.78 is 6.14. The summed E-state index contributed by atoms with van der Waals surface area (Å²) in [4.78, 5) is 27.6. The van der Waals surface area contributed by atoms with E-state index < -0.39 is 0 Å². The fraction of sp³-hybridized carbons (Fsp3) is 0.913. The van der Waals surface area contributed by atoms with Gasteiger partial charge in [0.15, 0.2) is 0 Å². The monoisotopic (exact) mass is 405 g/mol. The number of aliphatic imine (C=N–C) groups is 1. The molecule has 8 atom stereocenters. The molecule has 0 aromatic carbocycles. The third-order valence-electron chi connectivity index (χ3n) is 9.37. The normalized spacial score (nSPS) is 49.5. The summed E-state index contributed by atoms with van der Waals surface area (Å²) in [6.07, 6.45) is 13.4. The van der Waals surface area contributed by atoms with Gasteiger partial charge < -0.3 is 4.74 Å². The number of carbonyl (C=O) groups is 1. The lowest BCUT2D eigenvalue weighted by molar-refractivity contribution is -0.241. The van der Waals surface area contributed by atoms with E-state index in [1.54, 1.807) is 6.92 Å². The van der Waals surface area contributed by atoms with Crippen molar-refractivity contribution in [2.24, 2.45) is 39.5 Å². The van der Waals surface area contributed by atoms with Crippen molar-refractivity contribution in [1.29, 1.82) is 0 Å². The summed E-state index contributed by atoms with van der Waals surface area (Å²) in [5, 5.41) is 0. The summed E-state index contributed by atoms with van der Waals surface area (Å²) in [7, 11) is 0. The maximum absolute atomic E-state index is 12.1. The molecular weight excluding hydrogens is 370 g/mol. The van der Waals surface area contributed by atoms with Crippen LogP contribution in [0.15, 0.2) is 4.99 Å². The van der Waals surface area contributed by atoms with Gasteiger partial charge in [-0.25, -0.2) is 4.79 Å². The number of ether oxygens (including phenoxy) is 1. The standard InChI is InChI=1S/C23H35NO3S/c1-15(26)27-20-17(13-28-4)16-6-10-23(20)11-7-18-21(2,19(23)12-16)8-5-9-22(18,3)24-14-25/h16-20H,5-13H2,1-4H3/t16-,17+,18+,19+,20-,21-,22-,23+/m1/s1. The lowest BCUT2D eigenvalue weighted by atomic mass is 9.36. The second-order valence-corrected chi connectivity index (χ2v) is 11.4. The molecule has 0 amide bonds. The molecule has 5 aliphatic carbocycles. The van der Waals surface area contributed by atoms with E-state index in [9.17, 15) is 9.59 Å². The highest BCUT2D eigenvalue weighted by Crippen LogP contribution is 2.72. The van der Waals surface area contributed by atoms with Gasteiger partial charge in [-0.15, -0.1) is 0 Å².